The second-order valence-corrected chi connectivity index (χ2v) is 6.11. The molecule has 1 aromatic carbocycles. The number of nitrogens with one attached hydrogen (secondary N) is 2. The summed E-state index contributed by atoms with van der Waals surface area (Å²) >= 11 is 0. The lowest BCUT2D eigenvalue weighted by molar-refractivity contribution is 0.542. The minimum Gasteiger partial charge on any atom is -0.385 e. The van der Waals surface area contributed by atoms with Crippen molar-refractivity contribution in [3.05, 3.63) is 29.3 Å². The Kier molecular flexibility index (Phi) is 2.62. The van der Waals surface area contributed by atoms with Gasteiger partial charge in [0.2, 0.25) is 0 Å². The van der Waals surface area contributed by atoms with Gasteiger partial charge in [-0.15, -0.1) is 0 Å². The maximum atomic E-state index is 3.67. The molecule has 3 rings (SSSR count). The van der Waals surface area contributed by atoms with Gasteiger partial charge in [-0.1, -0.05) is 32.0 Å². The average molecular weight is 230 g/mol. The van der Waals surface area contributed by atoms with Crippen molar-refractivity contribution in [3.63, 3.8) is 0 Å². The molecular weight excluding hydrogens is 208 g/mol. The monoisotopic (exact) mass is 230 g/mol. The van der Waals surface area contributed by atoms with Gasteiger partial charge in [0.15, 0.2) is 0 Å². The Morgan fingerprint density at radius 3 is 3.00 bits per heavy atom. The summed E-state index contributed by atoms with van der Waals surface area (Å²) in [7, 11) is 0. The van der Waals surface area contributed by atoms with Crippen LogP contribution in [0.2, 0.25) is 0 Å². The first-order chi connectivity index (χ1) is 8.17. The van der Waals surface area contributed by atoms with Gasteiger partial charge in [-0.05, 0) is 35.8 Å². The third-order valence-corrected chi connectivity index (χ3v) is 4.21. The molecule has 2 heteroatoms. The van der Waals surface area contributed by atoms with Crippen LogP contribution in [-0.4, -0.2) is 12.6 Å². The highest BCUT2D eigenvalue weighted by Gasteiger charge is 2.45. The van der Waals surface area contributed by atoms with E-state index in [1.807, 2.05) is 0 Å². The van der Waals surface area contributed by atoms with Crippen LogP contribution < -0.4 is 10.6 Å². The Bertz CT molecular complexity index is 423. The molecule has 92 valence electrons. The molecule has 2 nitrogen and oxygen atoms in total. The van der Waals surface area contributed by atoms with Crippen molar-refractivity contribution in [2.75, 3.05) is 11.9 Å². The molecule has 1 aliphatic carbocycles. The van der Waals surface area contributed by atoms with Crippen molar-refractivity contribution in [1.29, 1.82) is 0 Å². The smallest absolute Gasteiger partial charge is 0.0418 e. The summed E-state index contributed by atoms with van der Waals surface area (Å²) in [6.45, 7) is 6.80. The summed E-state index contributed by atoms with van der Waals surface area (Å²) in [5.41, 5.74) is 4.84. The minimum atomic E-state index is 0.516. The van der Waals surface area contributed by atoms with Crippen LogP contribution in [0.1, 0.15) is 37.8 Å². The van der Waals surface area contributed by atoms with E-state index in [4.69, 9.17) is 0 Å². The first kappa shape index (κ1) is 11.1. The molecule has 1 unspecified atom stereocenters. The standard InChI is InChI=1S/C15H22N2/c1-15(2)9-13(15)17-10-12-6-3-5-11-7-4-8-16-14(11)12/h3,5-6,13,16-17H,4,7-10H2,1-2H3. The maximum Gasteiger partial charge on any atom is 0.0418 e. The number of para-hydroxylation sites is 1. The molecule has 1 aromatic rings. The largest absolute Gasteiger partial charge is 0.385 e. The highest BCUT2D eigenvalue weighted by atomic mass is 15.0. The maximum absolute atomic E-state index is 3.67. The van der Waals surface area contributed by atoms with Crippen LogP contribution in [0, 0.1) is 5.41 Å². The summed E-state index contributed by atoms with van der Waals surface area (Å²) < 4.78 is 0. The third kappa shape index (κ3) is 2.19. The van der Waals surface area contributed by atoms with Crippen LogP contribution in [0.4, 0.5) is 5.69 Å². The van der Waals surface area contributed by atoms with Crippen molar-refractivity contribution < 1.29 is 0 Å². The van der Waals surface area contributed by atoms with Crippen LogP contribution in [-0.2, 0) is 13.0 Å². The quantitative estimate of drug-likeness (QED) is 0.834. The summed E-state index contributed by atoms with van der Waals surface area (Å²) in [6, 6.07) is 7.41. The van der Waals surface area contributed by atoms with Crippen LogP contribution in [0.3, 0.4) is 0 Å². The van der Waals surface area contributed by atoms with E-state index in [-0.39, 0.29) is 0 Å². The highest BCUT2D eigenvalue weighted by molar-refractivity contribution is 5.59. The molecule has 1 fully saturated rings. The number of aryl methyl sites for hydroxylation is 1. The molecule has 0 spiro atoms. The fraction of sp³-hybridized carbons (Fsp3) is 0.600. The molecule has 17 heavy (non-hydrogen) atoms. The lowest BCUT2D eigenvalue weighted by atomic mass is 9.99. The number of anilines is 1. The normalized spacial score (nSPS) is 24.9. The fourth-order valence-electron chi connectivity index (χ4n) is 2.78. The Morgan fingerprint density at radius 2 is 2.24 bits per heavy atom. The number of hydrogen-bond donors (Lipinski definition) is 2. The van der Waals surface area contributed by atoms with Crippen LogP contribution in [0.5, 0.6) is 0 Å². The van der Waals surface area contributed by atoms with E-state index in [0.717, 1.165) is 13.1 Å². The lowest BCUT2D eigenvalue weighted by Crippen LogP contribution is -2.22. The molecule has 2 aliphatic rings. The summed E-state index contributed by atoms with van der Waals surface area (Å²) in [4.78, 5) is 0. The lowest BCUT2D eigenvalue weighted by Gasteiger charge is -2.21. The predicted octanol–water partition coefficient (Wildman–Crippen LogP) is 2.93. The molecule has 1 atom stereocenters. The first-order valence-electron chi connectivity index (χ1n) is 6.75. The molecule has 0 aromatic heterocycles. The molecule has 1 heterocycles. The molecule has 0 saturated heterocycles. The van der Waals surface area contributed by atoms with Gasteiger partial charge in [0.05, 0.1) is 0 Å². The highest BCUT2D eigenvalue weighted by Crippen LogP contribution is 2.44. The van der Waals surface area contributed by atoms with Gasteiger partial charge in [-0.25, -0.2) is 0 Å². The Balaban J connectivity index is 1.70. The predicted molar refractivity (Wildman–Crippen MR) is 72.3 cm³/mol. The molecule has 0 radical (unpaired) electrons. The van der Waals surface area contributed by atoms with E-state index in [9.17, 15) is 0 Å². The molecule has 2 N–H and O–H groups in total. The number of benzene rings is 1. The zero-order chi connectivity index (χ0) is 11.9. The fourth-order valence-corrected chi connectivity index (χ4v) is 2.78. The molecule has 0 bridgehead atoms. The zero-order valence-electron chi connectivity index (χ0n) is 10.8. The van der Waals surface area contributed by atoms with Gasteiger partial charge in [0.1, 0.15) is 0 Å². The van der Waals surface area contributed by atoms with Crippen molar-refractivity contribution in [2.24, 2.45) is 5.41 Å². The minimum absolute atomic E-state index is 0.516. The van der Waals surface area contributed by atoms with Gasteiger partial charge in [0, 0.05) is 24.8 Å². The van der Waals surface area contributed by atoms with Crippen molar-refractivity contribution in [2.45, 2.75) is 45.7 Å². The summed E-state index contributed by atoms with van der Waals surface area (Å²) in [5, 5.41) is 7.23. The van der Waals surface area contributed by atoms with Gasteiger partial charge in [-0.3, -0.25) is 0 Å². The molecule has 1 saturated carbocycles. The Hall–Kier alpha value is -1.02. The third-order valence-electron chi connectivity index (χ3n) is 4.21. The Labute approximate surface area is 104 Å². The summed E-state index contributed by atoms with van der Waals surface area (Å²) in [6.07, 6.45) is 3.81. The van der Waals surface area contributed by atoms with E-state index < -0.39 is 0 Å². The van der Waals surface area contributed by atoms with Gasteiger partial charge >= 0.3 is 0 Å². The topological polar surface area (TPSA) is 24.1 Å². The Morgan fingerprint density at radius 1 is 1.41 bits per heavy atom. The van der Waals surface area contributed by atoms with Crippen molar-refractivity contribution in [3.8, 4) is 0 Å². The first-order valence-corrected chi connectivity index (χ1v) is 6.75. The average Bonchev–Trinajstić information content (AvgIpc) is 2.94. The van der Waals surface area contributed by atoms with Crippen LogP contribution >= 0.6 is 0 Å². The second kappa shape index (κ2) is 4.02. The van der Waals surface area contributed by atoms with E-state index in [1.165, 1.54) is 36.1 Å². The SMILES string of the molecule is CC1(C)CC1NCc1cccc2c1NCCC2. The summed E-state index contributed by atoms with van der Waals surface area (Å²) in [5.74, 6) is 0. The van der Waals surface area contributed by atoms with Crippen molar-refractivity contribution >= 4 is 5.69 Å². The van der Waals surface area contributed by atoms with E-state index in [1.54, 1.807) is 0 Å². The van der Waals surface area contributed by atoms with Gasteiger partial charge < -0.3 is 10.6 Å². The van der Waals surface area contributed by atoms with E-state index in [2.05, 4.69) is 42.7 Å². The van der Waals surface area contributed by atoms with Gasteiger partial charge in [-0.2, -0.15) is 0 Å². The van der Waals surface area contributed by atoms with Crippen molar-refractivity contribution in [1.82, 2.24) is 5.32 Å². The molecular formula is C15H22N2. The van der Waals surface area contributed by atoms with E-state index >= 15 is 0 Å². The zero-order valence-corrected chi connectivity index (χ0v) is 10.8. The van der Waals surface area contributed by atoms with Gasteiger partial charge in [0.25, 0.3) is 0 Å². The molecule has 1 aliphatic heterocycles. The van der Waals surface area contributed by atoms with E-state index in [0.29, 0.717) is 11.5 Å². The molecule has 0 amide bonds. The van der Waals surface area contributed by atoms with Crippen LogP contribution in [0.25, 0.3) is 0 Å². The number of hydrogen-bond acceptors (Lipinski definition) is 2. The van der Waals surface area contributed by atoms with Crippen LogP contribution in [0.15, 0.2) is 18.2 Å². The number of rotatable bonds is 3. The second-order valence-electron chi connectivity index (χ2n) is 6.11. The number of fused-ring (bicyclic) bond motifs is 1.